The van der Waals surface area contributed by atoms with Crippen molar-refractivity contribution in [2.75, 3.05) is 25.4 Å². The van der Waals surface area contributed by atoms with E-state index in [1.54, 1.807) is 0 Å². The summed E-state index contributed by atoms with van der Waals surface area (Å²) in [6, 6.07) is 0. The Morgan fingerprint density at radius 2 is 1.87 bits per heavy atom. The van der Waals surface area contributed by atoms with Crippen molar-refractivity contribution >= 4 is 15.9 Å². The van der Waals surface area contributed by atoms with Crippen LogP contribution in [0.5, 0.6) is 0 Å². The van der Waals surface area contributed by atoms with Crippen molar-refractivity contribution in [2.45, 2.75) is 51.7 Å². The Balaban J connectivity index is 1.46. The standard InChI is InChI=1S/C16H28N2O4S/c1-11-9-18(10-12(2)22-11)23(20,21)6-5-17-16(19)15-8-13-3-4-14(15)7-13/h11-15H,3-10H2,1-2H3,(H,17,19)/t11-,12-,13+,14+,15+/m1/s1. The number of carbonyl (C=O) groups excluding carboxylic acids is 1. The minimum absolute atomic E-state index is 0.0288. The van der Waals surface area contributed by atoms with Crippen LogP contribution in [-0.4, -0.2) is 56.2 Å². The van der Waals surface area contributed by atoms with Crippen LogP contribution in [0.1, 0.15) is 39.5 Å². The minimum atomic E-state index is -3.34. The van der Waals surface area contributed by atoms with Crippen LogP contribution in [-0.2, 0) is 19.6 Å². The molecule has 0 radical (unpaired) electrons. The Bertz CT molecular complexity index is 540. The number of hydrogen-bond donors (Lipinski definition) is 1. The number of hydrogen-bond acceptors (Lipinski definition) is 4. The molecule has 23 heavy (non-hydrogen) atoms. The quantitative estimate of drug-likeness (QED) is 0.807. The molecule has 0 aromatic heterocycles. The zero-order chi connectivity index (χ0) is 16.6. The normalized spacial score (nSPS) is 37.9. The van der Waals surface area contributed by atoms with E-state index >= 15 is 0 Å². The molecule has 7 heteroatoms. The molecule has 0 aromatic carbocycles. The van der Waals surface area contributed by atoms with Gasteiger partial charge < -0.3 is 10.1 Å². The second kappa shape index (κ2) is 6.69. The van der Waals surface area contributed by atoms with E-state index in [4.69, 9.17) is 4.74 Å². The highest BCUT2D eigenvalue weighted by molar-refractivity contribution is 7.89. The van der Waals surface area contributed by atoms with Crippen molar-refractivity contribution in [2.24, 2.45) is 17.8 Å². The van der Waals surface area contributed by atoms with Crippen LogP contribution in [0.15, 0.2) is 0 Å². The van der Waals surface area contributed by atoms with Crippen LogP contribution in [0.3, 0.4) is 0 Å². The van der Waals surface area contributed by atoms with Gasteiger partial charge in [-0.1, -0.05) is 6.42 Å². The molecular weight excluding hydrogens is 316 g/mol. The first kappa shape index (κ1) is 17.2. The smallest absolute Gasteiger partial charge is 0.223 e. The topological polar surface area (TPSA) is 75.7 Å². The van der Waals surface area contributed by atoms with Gasteiger partial charge in [0.25, 0.3) is 0 Å². The number of nitrogens with zero attached hydrogens (tertiary/aromatic N) is 1. The summed E-state index contributed by atoms with van der Waals surface area (Å²) in [6.07, 6.45) is 4.41. The molecule has 2 saturated carbocycles. The van der Waals surface area contributed by atoms with E-state index < -0.39 is 10.0 Å². The van der Waals surface area contributed by atoms with Gasteiger partial charge >= 0.3 is 0 Å². The van der Waals surface area contributed by atoms with E-state index in [1.165, 1.54) is 17.1 Å². The second-order valence-electron chi connectivity index (χ2n) is 7.46. The second-order valence-corrected chi connectivity index (χ2v) is 9.55. The number of nitrogens with one attached hydrogen (secondary N) is 1. The van der Waals surface area contributed by atoms with Gasteiger partial charge in [-0.2, -0.15) is 4.31 Å². The summed E-state index contributed by atoms with van der Waals surface area (Å²) in [7, 11) is -3.34. The van der Waals surface area contributed by atoms with E-state index in [1.807, 2.05) is 13.8 Å². The lowest BCUT2D eigenvalue weighted by atomic mass is 9.88. The maximum absolute atomic E-state index is 12.4. The number of ether oxygens (including phenoxy) is 1. The molecule has 1 saturated heterocycles. The molecular formula is C16H28N2O4S. The summed E-state index contributed by atoms with van der Waals surface area (Å²) < 4.78 is 31.9. The lowest BCUT2D eigenvalue weighted by molar-refractivity contribution is -0.126. The van der Waals surface area contributed by atoms with Crippen molar-refractivity contribution in [1.82, 2.24) is 9.62 Å². The predicted octanol–water partition coefficient (Wildman–Crippen LogP) is 0.978. The van der Waals surface area contributed by atoms with Crippen molar-refractivity contribution in [3.8, 4) is 0 Å². The van der Waals surface area contributed by atoms with Crippen LogP contribution < -0.4 is 5.32 Å². The van der Waals surface area contributed by atoms with Gasteiger partial charge in [-0.25, -0.2) is 8.42 Å². The van der Waals surface area contributed by atoms with E-state index in [-0.39, 0.29) is 36.3 Å². The van der Waals surface area contributed by atoms with E-state index in [0.29, 0.717) is 19.0 Å². The fourth-order valence-electron chi connectivity index (χ4n) is 4.49. The van der Waals surface area contributed by atoms with Crippen LogP contribution in [0.2, 0.25) is 0 Å². The van der Waals surface area contributed by atoms with Gasteiger partial charge in [-0.3, -0.25) is 4.79 Å². The number of carbonyl (C=O) groups is 1. The number of rotatable bonds is 5. The first-order chi connectivity index (χ1) is 10.8. The molecule has 2 bridgehead atoms. The molecule has 1 amide bonds. The Morgan fingerprint density at radius 3 is 2.43 bits per heavy atom. The average molecular weight is 344 g/mol. The highest BCUT2D eigenvalue weighted by Crippen LogP contribution is 2.48. The summed E-state index contributed by atoms with van der Waals surface area (Å²) in [5, 5.41) is 2.85. The molecule has 0 unspecified atom stereocenters. The lowest BCUT2D eigenvalue weighted by Crippen LogP contribution is -2.50. The SMILES string of the molecule is C[C@@H]1CN(S(=O)(=O)CCNC(=O)[C@H]2C[C@H]3CC[C@H]2C3)C[C@@H](C)O1. The van der Waals surface area contributed by atoms with Crippen molar-refractivity contribution in [3.05, 3.63) is 0 Å². The molecule has 3 aliphatic rings. The largest absolute Gasteiger partial charge is 0.373 e. The zero-order valence-corrected chi connectivity index (χ0v) is 14.8. The van der Waals surface area contributed by atoms with E-state index in [0.717, 1.165) is 18.8 Å². The third-order valence-electron chi connectivity index (χ3n) is 5.51. The van der Waals surface area contributed by atoms with E-state index in [9.17, 15) is 13.2 Å². The molecule has 3 fully saturated rings. The summed E-state index contributed by atoms with van der Waals surface area (Å²) in [4.78, 5) is 12.3. The maximum Gasteiger partial charge on any atom is 0.223 e. The summed E-state index contributed by atoms with van der Waals surface area (Å²) >= 11 is 0. The third kappa shape index (κ3) is 3.88. The van der Waals surface area contributed by atoms with Crippen LogP contribution >= 0.6 is 0 Å². The number of amides is 1. The Hall–Kier alpha value is -0.660. The molecule has 2 aliphatic carbocycles. The molecule has 132 valence electrons. The molecule has 0 aromatic rings. The van der Waals surface area contributed by atoms with E-state index in [2.05, 4.69) is 5.32 Å². The van der Waals surface area contributed by atoms with Crippen molar-refractivity contribution < 1.29 is 17.9 Å². The van der Waals surface area contributed by atoms with Crippen LogP contribution in [0, 0.1) is 17.8 Å². The molecule has 6 nitrogen and oxygen atoms in total. The van der Waals surface area contributed by atoms with Gasteiger partial charge in [0, 0.05) is 25.6 Å². The van der Waals surface area contributed by atoms with Gasteiger partial charge in [0.05, 0.1) is 18.0 Å². The highest BCUT2D eigenvalue weighted by Gasteiger charge is 2.43. The number of fused-ring (bicyclic) bond motifs is 2. The highest BCUT2D eigenvalue weighted by atomic mass is 32.2. The average Bonchev–Trinajstić information content (AvgIpc) is 3.08. The zero-order valence-electron chi connectivity index (χ0n) is 14.0. The molecule has 3 rings (SSSR count). The Morgan fingerprint density at radius 1 is 1.17 bits per heavy atom. The summed E-state index contributed by atoms with van der Waals surface area (Å²) in [5.41, 5.74) is 0. The fraction of sp³-hybridized carbons (Fsp3) is 0.938. The van der Waals surface area contributed by atoms with Crippen molar-refractivity contribution in [1.29, 1.82) is 0 Å². The number of morpholine rings is 1. The number of sulfonamides is 1. The first-order valence-corrected chi connectivity index (χ1v) is 10.4. The van der Waals surface area contributed by atoms with Gasteiger partial charge in [-0.05, 0) is 44.9 Å². The van der Waals surface area contributed by atoms with Gasteiger partial charge in [0.1, 0.15) is 0 Å². The molecule has 0 spiro atoms. The Kier molecular flexibility index (Phi) is 4.99. The molecule has 1 aliphatic heterocycles. The Labute approximate surface area is 139 Å². The van der Waals surface area contributed by atoms with Crippen LogP contribution in [0.4, 0.5) is 0 Å². The van der Waals surface area contributed by atoms with Gasteiger partial charge in [-0.15, -0.1) is 0 Å². The molecule has 5 atom stereocenters. The predicted molar refractivity (Wildman–Crippen MR) is 87.3 cm³/mol. The monoisotopic (exact) mass is 344 g/mol. The van der Waals surface area contributed by atoms with Crippen LogP contribution in [0.25, 0.3) is 0 Å². The molecule has 1 N–H and O–H groups in total. The lowest BCUT2D eigenvalue weighted by Gasteiger charge is -2.34. The maximum atomic E-state index is 12.4. The van der Waals surface area contributed by atoms with Crippen molar-refractivity contribution in [3.63, 3.8) is 0 Å². The first-order valence-electron chi connectivity index (χ1n) is 8.76. The molecule has 1 heterocycles. The summed E-state index contributed by atoms with van der Waals surface area (Å²) in [6.45, 7) is 4.76. The minimum Gasteiger partial charge on any atom is -0.373 e. The van der Waals surface area contributed by atoms with Gasteiger partial charge in [0.2, 0.25) is 15.9 Å². The third-order valence-corrected chi connectivity index (χ3v) is 7.32. The fourth-order valence-corrected chi connectivity index (χ4v) is 5.98. The van der Waals surface area contributed by atoms with Gasteiger partial charge in [0.15, 0.2) is 0 Å². The summed E-state index contributed by atoms with van der Waals surface area (Å²) in [5.74, 6) is 1.38.